The summed E-state index contributed by atoms with van der Waals surface area (Å²) in [7, 11) is 1.23. The molecule has 3 N–H and O–H groups in total. The van der Waals surface area contributed by atoms with Gasteiger partial charge in [0.15, 0.2) is 5.69 Å². The molecule has 1 rings (SSSR count). The van der Waals surface area contributed by atoms with Gasteiger partial charge < -0.3 is 20.5 Å². The van der Waals surface area contributed by atoms with Crippen LogP contribution in [0.15, 0.2) is 5.38 Å². The number of carbonyl (C=O) groups is 3. The molecule has 0 atom stereocenters. The molecule has 0 fully saturated rings. The minimum atomic E-state index is -1.08. The van der Waals surface area contributed by atoms with Gasteiger partial charge in [0.25, 0.3) is 0 Å². The Morgan fingerprint density at radius 3 is 2.74 bits per heavy atom. The van der Waals surface area contributed by atoms with Crippen LogP contribution < -0.4 is 10.6 Å². The zero-order valence-electron chi connectivity index (χ0n) is 10.1. The summed E-state index contributed by atoms with van der Waals surface area (Å²) in [5.74, 6) is -1.62. The number of thiazole rings is 1. The predicted molar refractivity (Wildman–Crippen MR) is 66.2 cm³/mol. The van der Waals surface area contributed by atoms with E-state index in [2.05, 4.69) is 20.4 Å². The molecule has 0 bridgehead atoms. The van der Waals surface area contributed by atoms with E-state index in [1.54, 1.807) is 0 Å². The zero-order chi connectivity index (χ0) is 14.3. The standard InChI is InChI=1S/C10H13N3O5S/c1-18-8(14)4-12-10(17)11-3-2-7-13-6(5-19-7)9(15)16/h5H,2-4H2,1H3,(H,15,16)(H2,11,12,17). The van der Waals surface area contributed by atoms with E-state index in [0.29, 0.717) is 18.0 Å². The Morgan fingerprint density at radius 2 is 2.16 bits per heavy atom. The van der Waals surface area contributed by atoms with Crippen LogP contribution in [0.2, 0.25) is 0 Å². The first-order valence-corrected chi connectivity index (χ1v) is 6.17. The number of urea groups is 1. The number of ether oxygens (including phenoxy) is 1. The fraction of sp³-hybridized carbons (Fsp3) is 0.400. The normalized spacial score (nSPS) is 9.74. The highest BCUT2D eigenvalue weighted by Gasteiger charge is 2.09. The molecule has 9 heteroatoms. The summed E-state index contributed by atoms with van der Waals surface area (Å²) < 4.78 is 4.35. The van der Waals surface area contributed by atoms with Gasteiger partial charge in [-0.25, -0.2) is 14.6 Å². The van der Waals surface area contributed by atoms with Crippen LogP contribution in [0.25, 0.3) is 0 Å². The highest BCUT2D eigenvalue weighted by Crippen LogP contribution is 2.09. The number of carboxylic acid groups (broad SMARTS) is 1. The zero-order valence-corrected chi connectivity index (χ0v) is 11.0. The number of esters is 1. The maximum Gasteiger partial charge on any atom is 0.355 e. The molecule has 0 aliphatic rings. The number of hydrogen-bond acceptors (Lipinski definition) is 6. The number of carbonyl (C=O) groups excluding carboxylic acids is 2. The monoisotopic (exact) mass is 287 g/mol. The van der Waals surface area contributed by atoms with Gasteiger partial charge in [0, 0.05) is 18.3 Å². The summed E-state index contributed by atoms with van der Waals surface area (Å²) in [4.78, 5) is 36.4. The van der Waals surface area contributed by atoms with Gasteiger partial charge in [0.05, 0.1) is 12.1 Å². The SMILES string of the molecule is COC(=O)CNC(=O)NCCc1nc(C(=O)O)cs1. The molecule has 1 aromatic heterocycles. The number of rotatable bonds is 6. The lowest BCUT2D eigenvalue weighted by Gasteiger charge is -2.05. The number of amides is 2. The van der Waals surface area contributed by atoms with E-state index >= 15 is 0 Å². The largest absolute Gasteiger partial charge is 0.476 e. The van der Waals surface area contributed by atoms with E-state index in [4.69, 9.17) is 5.11 Å². The van der Waals surface area contributed by atoms with Gasteiger partial charge in [-0.15, -0.1) is 11.3 Å². The smallest absolute Gasteiger partial charge is 0.355 e. The molecule has 0 saturated carbocycles. The maximum absolute atomic E-state index is 11.2. The van der Waals surface area contributed by atoms with Crippen LogP contribution in [0.1, 0.15) is 15.5 Å². The fourth-order valence-corrected chi connectivity index (χ4v) is 1.87. The molecular formula is C10H13N3O5S. The summed E-state index contributed by atoms with van der Waals surface area (Å²) in [6.07, 6.45) is 0.420. The Hall–Kier alpha value is -2.16. The van der Waals surface area contributed by atoms with Gasteiger partial charge in [-0.05, 0) is 0 Å². The number of carboxylic acids is 1. The van der Waals surface area contributed by atoms with E-state index in [1.807, 2.05) is 0 Å². The van der Waals surface area contributed by atoms with Crippen molar-refractivity contribution in [2.24, 2.45) is 0 Å². The second-order valence-corrected chi connectivity index (χ2v) is 4.31. The van der Waals surface area contributed by atoms with Crippen LogP contribution in [-0.4, -0.2) is 48.3 Å². The molecule has 0 unspecified atom stereocenters. The van der Waals surface area contributed by atoms with Crippen molar-refractivity contribution >= 4 is 29.3 Å². The van der Waals surface area contributed by atoms with Crippen molar-refractivity contribution in [3.8, 4) is 0 Å². The predicted octanol–water partition coefficient (Wildman–Crippen LogP) is -0.144. The molecule has 0 aliphatic heterocycles. The van der Waals surface area contributed by atoms with Crippen molar-refractivity contribution < 1.29 is 24.2 Å². The van der Waals surface area contributed by atoms with Gasteiger partial charge >= 0.3 is 18.0 Å². The van der Waals surface area contributed by atoms with Crippen LogP contribution >= 0.6 is 11.3 Å². The van der Waals surface area contributed by atoms with Crippen LogP contribution in [0.3, 0.4) is 0 Å². The van der Waals surface area contributed by atoms with Gasteiger partial charge in [-0.1, -0.05) is 0 Å². The van der Waals surface area contributed by atoms with Crippen LogP contribution in [0.4, 0.5) is 4.79 Å². The van der Waals surface area contributed by atoms with Crippen molar-refractivity contribution in [2.75, 3.05) is 20.2 Å². The first-order chi connectivity index (χ1) is 9.02. The Kier molecular flexibility index (Phi) is 5.73. The number of methoxy groups -OCH3 is 1. The van der Waals surface area contributed by atoms with Crippen molar-refractivity contribution in [1.29, 1.82) is 0 Å². The molecule has 104 valence electrons. The van der Waals surface area contributed by atoms with E-state index < -0.39 is 18.0 Å². The molecule has 0 spiro atoms. The molecule has 0 aliphatic carbocycles. The van der Waals surface area contributed by atoms with Crippen molar-refractivity contribution in [1.82, 2.24) is 15.6 Å². The first kappa shape index (κ1) is 14.9. The summed E-state index contributed by atoms with van der Waals surface area (Å²) in [5, 5.41) is 15.6. The Balaban J connectivity index is 2.24. The Labute approximate surface area is 112 Å². The van der Waals surface area contributed by atoms with Crippen molar-refractivity contribution in [2.45, 2.75) is 6.42 Å². The molecule has 1 heterocycles. The third kappa shape index (κ3) is 5.34. The van der Waals surface area contributed by atoms with Crippen molar-refractivity contribution in [3.63, 3.8) is 0 Å². The van der Waals surface area contributed by atoms with Gasteiger partial charge in [-0.3, -0.25) is 4.79 Å². The lowest BCUT2D eigenvalue weighted by atomic mass is 10.4. The molecule has 19 heavy (non-hydrogen) atoms. The highest BCUT2D eigenvalue weighted by molar-refractivity contribution is 7.09. The van der Waals surface area contributed by atoms with Gasteiger partial charge in [-0.2, -0.15) is 0 Å². The topological polar surface area (TPSA) is 118 Å². The van der Waals surface area contributed by atoms with E-state index in [-0.39, 0.29) is 12.2 Å². The van der Waals surface area contributed by atoms with Crippen LogP contribution in [0, 0.1) is 0 Å². The molecule has 2 amide bonds. The van der Waals surface area contributed by atoms with Crippen LogP contribution in [-0.2, 0) is 16.0 Å². The molecule has 0 saturated heterocycles. The van der Waals surface area contributed by atoms with E-state index in [1.165, 1.54) is 23.8 Å². The minimum Gasteiger partial charge on any atom is -0.476 e. The second kappa shape index (κ2) is 7.31. The maximum atomic E-state index is 11.2. The highest BCUT2D eigenvalue weighted by atomic mass is 32.1. The summed E-state index contributed by atoms with van der Waals surface area (Å²) in [5.41, 5.74) is -0.00450. The molecule has 8 nitrogen and oxygen atoms in total. The minimum absolute atomic E-state index is 0.00450. The lowest BCUT2D eigenvalue weighted by Crippen LogP contribution is -2.39. The number of nitrogens with zero attached hydrogens (tertiary/aromatic N) is 1. The molecule has 1 aromatic rings. The number of aromatic nitrogens is 1. The second-order valence-electron chi connectivity index (χ2n) is 3.37. The third-order valence-corrected chi connectivity index (χ3v) is 2.92. The summed E-state index contributed by atoms with van der Waals surface area (Å²) in [6.45, 7) is 0.0856. The van der Waals surface area contributed by atoms with Gasteiger partial charge in [0.1, 0.15) is 6.54 Å². The number of aromatic carboxylic acids is 1. The average Bonchev–Trinajstić information content (AvgIpc) is 2.85. The third-order valence-electron chi connectivity index (χ3n) is 2.02. The number of hydrogen-bond donors (Lipinski definition) is 3. The quantitative estimate of drug-likeness (QED) is 0.627. The Bertz CT molecular complexity index is 473. The lowest BCUT2D eigenvalue weighted by molar-refractivity contribution is -0.139. The summed E-state index contributed by atoms with van der Waals surface area (Å²) in [6, 6.07) is -0.500. The molecule has 0 aromatic carbocycles. The van der Waals surface area contributed by atoms with Crippen molar-refractivity contribution in [3.05, 3.63) is 16.1 Å². The van der Waals surface area contributed by atoms with Gasteiger partial charge in [0.2, 0.25) is 0 Å². The van der Waals surface area contributed by atoms with Crippen LogP contribution in [0.5, 0.6) is 0 Å². The number of nitrogens with one attached hydrogen (secondary N) is 2. The molecular weight excluding hydrogens is 274 g/mol. The van der Waals surface area contributed by atoms with E-state index in [9.17, 15) is 14.4 Å². The fourth-order valence-electron chi connectivity index (χ4n) is 1.09. The Morgan fingerprint density at radius 1 is 1.42 bits per heavy atom. The average molecular weight is 287 g/mol. The summed E-state index contributed by atoms with van der Waals surface area (Å²) >= 11 is 1.21. The van der Waals surface area contributed by atoms with E-state index in [0.717, 1.165) is 0 Å². The first-order valence-electron chi connectivity index (χ1n) is 5.29. The molecule has 0 radical (unpaired) electrons.